The van der Waals surface area contributed by atoms with Gasteiger partial charge in [-0.15, -0.1) is 0 Å². The normalized spacial score (nSPS) is 10.6. The fourth-order valence-corrected chi connectivity index (χ4v) is 2.26. The second-order valence-corrected chi connectivity index (χ2v) is 5.68. The molecule has 0 N–H and O–H groups in total. The Morgan fingerprint density at radius 2 is 1.52 bits per heavy atom. The van der Waals surface area contributed by atoms with E-state index in [0.717, 1.165) is 17.0 Å². The van der Waals surface area contributed by atoms with Crippen LogP contribution in [0.3, 0.4) is 0 Å². The molecule has 0 saturated carbocycles. The second-order valence-electron chi connectivity index (χ2n) is 5.68. The molecule has 0 bridgehead atoms. The van der Waals surface area contributed by atoms with E-state index in [2.05, 4.69) is 9.97 Å². The Morgan fingerprint density at radius 3 is 2.16 bits per heavy atom. The number of rotatable bonds is 6. The molecule has 0 amide bonds. The summed E-state index contributed by atoms with van der Waals surface area (Å²) < 4.78 is 16.7. The quantitative estimate of drug-likeness (QED) is 0.651. The molecule has 3 rings (SSSR count). The van der Waals surface area contributed by atoms with Gasteiger partial charge in [0.15, 0.2) is 0 Å². The number of hydrogen-bond acceptors (Lipinski definition) is 5. The topological polar surface area (TPSA) is 53.5 Å². The van der Waals surface area contributed by atoms with Gasteiger partial charge in [-0.3, -0.25) is 0 Å². The van der Waals surface area contributed by atoms with Crippen molar-refractivity contribution in [1.82, 2.24) is 9.97 Å². The van der Waals surface area contributed by atoms with Crippen LogP contribution in [-0.4, -0.2) is 23.2 Å². The summed E-state index contributed by atoms with van der Waals surface area (Å²) in [6, 6.07) is 19.2. The summed E-state index contributed by atoms with van der Waals surface area (Å²) in [5.41, 5.74) is 1.72. The van der Waals surface area contributed by atoms with E-state index in [1.165, 1.54) is 0 Å². The van der Waals surface area contributed by atoms with Crippen LogP contribution in [-0.2, 0) is 0 Å². The van der Waals surface area contributed by atoms with Crippen LogP contribution < -0.4 is 14.2 Å². The van der Waals surface area contributed by atoms with Crippen molar-refractivity contribution in [2.75, 3.05) is 7.11 Å². The second kappa shape index (κ2) is 7.66. The lowest BCUT2D eigenvalue weighted by Gasteiger charge is -2.12. The van der Waals surface area contributed by atoms with E-state index >= 15 is 0 Å². The van der Waals surface area contributed by atoms with Crippen molar-refractivity contribution in [3.63, 3.8) is 0 Å². The Hall–Kier alpha value is -3.08. The summed E-state index contributed by atoms with van der Waals surface area (Å²) >= 11 is 0. The molecule has 0 spiro atoms. The van der Waals surface area contributed by atoms with Crippen molar-refractivity contribution in [2.24, 2.45) is 0 Å². The fourth-order valence-electron chi connectivity index (χ4n) is 2.26. The molecule has 0 fully saturated rings. The monoisotopic (exact) mass is 336 g/mol. The van der Waals surface area contributed by atoms with Gasteiger partial charge in [-0.05, 0) is 38.1 Å². The summed E-state index contributed by atoms with van der Waals surface area (Å²) in [4.78, 5) is 8.85. The van der Waals surface area contributed by atoms with Gasteiger partial charge in [-0.25, -0.2) is 0 Å². The van der Waals surface area contributed by atoms with Crippen LogP contribution in [0, 0.1) is 0 Å². The Bertz CT molecular complexity index is 818. The Labute approximate surface area is 147 Å². The molecule has 0 radical (unpaired) electrons. The van der Waals surface area contributed by atoms with Gasteiger partial charge in [0.1, 0.15) is 11.5 Å². The maximum atomic E-state index is 5.80. The van der Waals surface area contributed by atoms with E-state index in [-0.39, 0.29) is 12.1 Å². The summed E-state index contributed by atoms with van der Waals surface area (Å²) in [6.45, 7) is 3.91. The zero-order valence-corrected chi connectivity index (χ0v) is 14.5. The predicted octanol–water partition coefficient (Wildman–Crippen LogP) is 4.73. The fraction of sp³-hybridized carbons (Fsp3) is 0.200. The Morgan fingerprint density at radius 1 is 0.840 bits per heavy atom. The van der Waals surface area contributed by atoms with E-state index in [4.69, 9.17) is 14.2 Å². The van der Waals surface area contributed by atoms with Gasteiger partial charge in [-0.1, -0.05) is 30.3 Å². The average molecular weight is 336 g/mol. The minimum absolute atomic E-state index is 0.00681. The first kappa shape index (κ1) is 16.8. The molecule has 0 aliphatic heterocycles. The highest BCUT2D eigenvalue weighted by Crippen LogP contribution is 2.27. The molecule has 3 aromatic rings. The first-order chi connectivity index (χ1) is 12.1. The molecule has 5 heteroatoms. The third-order valence-electron chi connectivity index (χ3n) is 3.38. The van der Waals surface area contributed by atoms with Gasteiger partial charge in [0.05, 0.1) is 18.9 Å². The zero-order valence-electron chi connectivity index (χ0n) is 14.5. The van der Waals surface area contributed by atoms with Crippen LogP contribution in [0.15, 0.2) is 60.7 Å². The maximum absolute atomic E-state index is 5.80. The molecule has 5 nitrogen and oxygen atoms in total. The number of nitrogens with zero attached hydrogens (tertiary/aromatic N) is 2. The molecule has 0 unspecified atom stereocenters. The standard InChI is InChI=1S/C20H20N2O3/c1-14(2)24-19-13-18(15-7-5-4-6-8-15)21-20(22-19)25-17-11-9-16(23-3)10-12-17/h4-14H,1-3H3. The van der Waals surface area contributed by atoms with E-state index in [1.54, 1.807) is 19.2 Å². The van der Waals surface area contributed by atoms with Gasteiger partial charge in [0, 0.05) is 11.6 Å². The lowest BCUT2D eigenvalue weighted by Crippen LogP contribution is -2.08. The van der Waals surface area contributed by atoms with Gasteiger partial charge >= 0.3 is 6.01 Å². The highest BCUT2D eigenvalue weighted by atomic mass is 16.5. The Kier molecular flexibility index (Phi) is 5.14. The van der Waals surface area contributed by atoms with Crippen molar-refractivity contribution in [2.45, 2.75) is 20.0 Å². The number of benzene rings is 2. The largest absolute Gasteiger partial charge is 0.497 e. The molecule has 0 atom stereocenters. The van der Waals surface area contributed by atoms with E-state index in [1.807, 2.05) is 62.4 Å². The molecular weight excluding hydrogens is 316 g/mol. The van der Waals surface area contributed by atoms with E-state index < -0.39 is 0 Å². The predicted molar refractivity (Wildman–Crippen MR) is 96.3 cm³/mol. The van der Waals surface area contributed by atoms with Crippen molar-refractivity contribution < 1.29 is 14.2 Å². The van der Waals surface area contributed by atoms with Gasteiger partial charge in [-0.2, -0.15) is 9.97 Å². The van der Waals surface area contributed by atoms with Crippen molar-refractivity contribution in [3.05, 3.63) is 60.7 Å². The lowest BCUT2D eigenvalue weighted by molar-refractivity contribution is 0.229. The molecule has 1 aromatic heterocycles. The van der Waals surface area contributed by atoms with Crippen LogP contribution in [0.1, 0.15) is 13.8 Å². The highest BCUT2D eigenvalue weighted by Gasteiger charge is 2.11. The van der Waals surface area contributed by atoms with Gasteiger partial charge in [0.25, 0.3) is 0 Å². The van der Waals surface area contributed by atoms with E-state index in [9.17, 15) is 0 Å². The van der Waals surface area contributed by atoms with Crippen molar-refractivity contribution >= 4 is 0 Å². The average Bonchev–Trinajstić information content (AvgIpc) is 2.62. The maximum Gasteiger partial charge on any atom is 0.325 e. The van der Waals surface area contributed by atoms with Crippen molar-refractivity contribution in [3.8, 4) is 34.6 Å². The van der Waals surface area contributed by atoms with Gasteiger partial charge in [0.2, 0.25) is 5.88 Å². The summed E-state index contributed by atoms with van der Waals surface area (Å²) in [7, 11) is 1.62. The van der Waals surface area contributed by atoms with Crippen LogP contribution in [0.5, 0.6) is 23.4 Å². The van der Waals surface area contributed by atoms with Crippen LogP contribution in [0.25, 0.3) is 11.3 Å². The lowest BCUT2D eigenvalue weighted by atomic mass is 10.1. The summed E-state index contributed by atoms with van der Waals surface area (Å²) in [6.07, 6.45) is 0.00681. The molecule has 128 valence electrons. The minimum atomic E-state index is 0.00681. The number of methoxy groups -OCH3 is 1. The zero-order chi connectivity index (χ0) is 17.6. The van der Waals surface area contributed by atoms with Crippen molar-refractivity contribution in [1.29, 1.82) is 0 Å². The molecule has 0 aliphatic rings. The molecular formula is C20H20N2O3. The molecule has 25 heavy (non-hydrogen) atoms. The summed E-state index contributed by atoms with van der Waals surface area (Å²) in [5.74, 6) is 1.86. The number of ether oxygens (including phenoxy) is 3. The molecule has 2 aromatic carbocycles. The third-order valence-corrected chi connectivity index (χ3v) is 3.38. The van der Waals surface area contributed by atoms with Crippen LogP contribution in [0.4, 0.5) is 0 Å². The Balaban J connectivity index is 1.93. The molecule has 1 heterocycles. The van der Waals surface area contributed by atoms with E-state index in [0.29, 0.717) is 11.6 Å². The summed E-state index contributed by atoms with van der Waals surface area (Å²) in [5, 5.41) is 0. The molecule has 0 saturated heterocycles. The first-order valence-corrected chi connectivity index (χ1v) is 8.07. The van der Waals surface area contributed by atoms with Crippen LogP contribution >= 0.6 is 0 Å². The number of aromatic nitrogens is 2. The number of hydrogen-bond donors (Lipinski definition) is 0. The molecule has 0 aliphatic carbocycles. The van der Waals surface area contributed by atoms with Crippen LogP contribution in [0.2, 0.25) is 0 Å². The van der Waals surface area contributed by atoms with Gasteiger partial charge < -0.3 is 14.2 Å². The minimum Gasteiger partial charge on any atom is -0.497 e. The smallest absolute Gasteiger partial charge is 0.325 e. The first-order valence-electron chi connectivity index (χ1n) is 8.07. The SMILES string of the molecule is COc1ccc(Oc2nc(OC(C)C)cc(-c3ccccc3)n2)cc1. The third kappa shape index (κ3) is 4.47. The highest BCUT2D eigenvalue weighted by molar-refractivity contribution is 5.60.